The van der Waals surface area contributed by atoms with E-state index in [0.717, 1.165) is 43.2 Å². The van der Waals surface area contributed by atoms with Gasteiger partial charge < -0.3 is 15.5 Å². The van der Waals surface area contributed by atoms with Crippen molar-refractivity contribution in [3.8, 4) is 0 Å². The van der Waals surface area contributed by atoms with Crippen molar-refractivity contribution in [2.24, 2.45) is 0 Å². The summed E-state index contributed by atoms with van der Waals surface area (Å²) in [7, 11) is 0. The predicted molar refractivity (Wildman–Crippen MR) is 101 cm³/mol. The molecule has 6 nitrogen and oxygen atoms in total. The monoisotopic (exact) mass is 378 g/mol. The molecule has 1 aliphatic rings. The van der Waals surface area contributed by atoms with Gasteiger partial charge in [-0.1, -0.05) is 6.07 Å². The van der Waals surface area contributed by atoms with Crippen LogP contribution in [0.5, 0.6) is 0 Å². The molecule has 0 unspecified atom stereocenters. The Balaban J connectivity index is 1.31. The van der Waals surface area contributed by atoms with Crippen molar-refractivity contribution in [1.29, 1.82) is 0 Å². The van der Waals surface area contributed by atoms with Crippen LogP contribution in [0, 0.1) is 0 Å². The molecular formula is C17H22N4O2S2. The van der Waals surface area contributed by atoms with E-state index >= 15 is 0 Å². The fourth-order valence-corrected chi connectivity index (χ4v) is 3.97. The zero-order valence-corrected chi connectivity index (χ0v) is 15.6. The van der Waals surface area contributed by atoms with Crippen LogP contribution in [0.25, 0.3) is 0 Å². The lowest BCUT2D eigenvalue weighted by Crippen LogP contribution is -2.52. The van der Waals surface area contributed by atoms with E-state index in [4.69, 9.17) is 0 Å². The largest absolute Gasteiger partial charge is 0.351 e. The Bertz CT molecular complexity index is 665. The quantitative estimate of drug-likeness (QED) is 0.809. The van der Waals surface area contributed by atoms with Gasteiger partial charge in [0.1, 0.15) is 0 Å². The summed E-state index contributed by atoms with van der Waals surface area (Å²) in [5, 5.41) is 11.7. The summed E-state index contributed by atoms with van der Waals surface area (Å²) in [6, 6.07) is 5.84. The number of nitrogens with one attached hydrogen (secondary N) is 2. The van der Waals surface area contributed by atoms with Crippen LogP contribution in [-0.2, 0) is 6.54 Å². The SMILES string of the molecule is O=C(NCCN1CCN(C(=O)NCc2cccs2)CC1)c1ccsc1. The minimum Gasteiger partial charge on any atom is -0.351 e. The summed E-state index contributed by atoms with van der Waals surface area (Å²) in [5.41, 5.74) is 0.720. The number of carbonyl (C=O) groups excluding carboxylic acids is 2. The van der Waals surface area contributed by atoms with Crippen molar-refractivity contribution in [2.75, 3.05) is 39.3 Å². The molecule has 3 heterocycles. The average Bonchev–Trinajstić information content (AvgIpc) is 3.34. The first-order valence-electron chi connectivity index (χ1n) is 8.30. The molecule has 0 spiro atoms. The van der Waals surface area contributed by atoms with Gasteiger partial charge in [-0.15, -0.1) is 11.3 Å². The van der Waals surface area contributed by atoms with E-state index in [9.17, 15) is 9.59 Å². The van der Waals surface area contributed by atoms with Crippen LogP contribution in [0.4, 0.5) is 4.79 Å². The Hall–Kier alpha value is -1.90. The second kappa shape index (κ2) is 8.98. The zero-order valence-electron chi connectivity index (χ0n) is 13.9. The van der Waals surface area contributed by atoms with Crippen LogP contribution in [0.1, 0.15) is 15.2 Å². The number of nitrogens with zero attached hydrogens (tertiary/aromatic N) is 2. The molecule has 3 amide bonds. The van der Waals surface area contributed by atoms with Crippen molar-refractivity contribution in [1.82, 2.24) is 20.4 Å². The van der Waals surface area contributed by atoms with Crippen LogP contribution < -0.4 is 10.6 Å². The zero-order chi connectivity index (χ0) is 17.5. The molecule has 2 N–H and O–H groups in total. The van der Waals surface area contributed by atoms with E-state index in [1.807, 2.05) is 39.2 Å². The molecule has 0 aromatic carbocycles. The van der Waals surface area contributed by atoms with Gasteiger partial charge in [-0.2, -0.15) is 11.3 Å². The number of urea groups is 1. The number of hydrogen-bond donors (Lipinski definition) is 2. The molecule has 1 saturated heterocycles. The molecule has 1 fully saturated rings. The highest BCUT2D eigenvalue weighted by atomic mass is 32.1. The van der Waals surface area contributed by atoms with Gasteiger partial charge in [0.2, 0.25) is 0 Å². The van der Waals surface area contributed by atoms with Crippen molar-refractivity contribution >= 4 is 34.6 Å². The first-order chi connectivity index (χ1) is 12.2. The second-order valence-electron chi connectivity index (χ2n) is 5.83. The van der Waals surface area contributed by atoms with Crippen LogP contribution in [0.3, 0.4) is 0 Å². The first-order valence-corrected chi connectivity index (χ1v) is 10.1. The van der Waals surface area contributed by atoms with E-state index in [1.54, 1.807) is 11.3 Å². The van der Waals surface area contributed by atoms with Gasteiger partial charge in [0.15, 0.2) is 0 Å². The second-order valence-corrected chi connectivity index (χ2v) is 7.65. The number of amides is 3. The number of carbonyl (C=O) groups is 2. The Morgan fingerprint density at radius 3 is 2.60 bits per heavy atom. The molecule has 2 aromatic heterocycles. The summed E-state index contributed by atoms with van der Waals surface area (Å²) in [6.45, 7) is 5.12. The molecule has 3 rings (SSSR count). The lowest BCUT2D eigenvalue weighted by atomic mass is 10.3. The normalized spacial score (nSPS) is 15.1. The van der Waals surface area contributed by atoms with Crippen LogP contribution >= 0.6 is 22.7 Å². The third-order valence-corrected chi connectivity index (χ3v) is 5.71. The molecular weight excluding hydrogens is 356 g/mol. The Morgan fingerprint density at radius 1 is 1.08 bits per heavy atom. The van der Waals surface area contributed by atoms with Crippen molar-refractivity contribution < 1.29 is 9.59 Å². The number of thiophene rings is 2. The smallest absolute Gasteiger partial charge is 0.317 e. The van der Waals surface area contributed by atoms with E-state index < -0.39 is 0 Å². The molecule has 25 heavy (non-hydrogen) atoms. The van der Waals surface area contributed by atoms with Crippen molar-refractivity contribution in [3.63, 3.8) is 0 Å². The molecule has 0 atom stereocenters. The van der Waals surface area contributed by atoms with E-state index in [2.05, 4.69) is 15.5 Å². The van der Waals surface area contributed by atoms with Crippen molar-refractivity contribution in [3.05, 3.63) is 44.8 Å². The summed E-state index contributed by atoms with van der Waals surface area (Å²) < 4.78 is 0. The Labute approximate surface area is 155 Å². The van der Waals surface area contributed by atoms with Gasteiger partial charge in [0.05, 0.1) is 6.54 Å². The van der Waals surface area contributed by atoms with Crippen LogP contribution in [0.2, 0.25) is 0 Å². The average molecular weight is 379 g/mol. The predicted octanol–water partition coefficient (Wildman–Crippen LogP) is 2.07. The van der Waals surface area contributed by atoms with E-state index in [1.165, 1.54) is 11.3 Å². The maximum atomic E-state index is 12.2. The maximum Gasteiger partial charge on any atom is 0.317 e. The highest BCUT2D eigenvalue weighted by molar-refractivity contribution is 7.09. The fraction of sp³-hybridized carbons (Fsp3) is 0.412. The molecule has 0 aliphatic carbocycles. The van der Waals surface area contributed by atoms with E-state index in [-0.39, 0.29) is 11.9 Å². The lowest BCUT2D eigenvalue weighted by Gasteiger charge is -2.34. The summed E-state index contributed by atoms with van der Waals surface area (Å²) in [4.78, 5) is 29.3. The highest BCUT2D eigenvalue weighted by Crippen LogP contribution is 2.08. The van der Waals surface area contributed by atoms with Gasteiger partial charge in [0, 0.05) is 55.1 Å². The minimum absolute atomic E-state index is 0.00110. The van der Waals surface area contributed by atoms with Gasteiger partial charge >= 0.3 is 6.03 Å². The minimum atomic E-state index is -0.0205. The molecule has 2 aromatic rings. The molecule has 0 bridgehead atoms. The van der Waals surface area contributed by atoms with Gasteiger partial charge in [-0.25, -0.2) is 4.79 Å². The molecule has 1 aliphatic heterocycles. The van der Waals surface area contributed by atoms with E-state index in [0.29, 0.717) is 13.1 Å². The Morgan fingerprint density at radius 2 is 1.92 bits per heavy atom. The highest BCUT2D eigenvalue weighted by Gasteiger charge is 2.20. The van der Waals surface area contributed by atoms with Gasteiger partial charge in [-0.3, -0.25) is 9.69 Å². The standard InChI is InChI=1S/C17H22N4O2S2/c22-16(14-3-11-24-13-14)18-4-5-20-6-8-21(9-7-20)17(23)19-12-15-2-1-10-25-15/h1-3,10-11,13H,4-9,12H2,(H,18,22)(H,19,23). The van der Waals surface area contributed by atoms with Gasteiger partial charge in [-0.05, 0) is 22.9 Å². The third kappa shape index (κ3) is 5.29. The van der Waals surface area contributed by atoms with Crippen LogP contribution in [0.15, 0.2) is 34.3 Å². The summed E-state index contributed by atoms with van der Waals surface area (Å²) in [6.07, 6.45) is 0. The van der Waals surface area contributed by atoms with Crippen molar-refractivity contribution in [2.45, 2.75) is 6.54 Å². The fourth-order valence-electron chi connectivity index (χ4n) is 2.69. The molecule has 8 heteroatoms. The number of hydrogen-bond acceptors (Lipinski definition) is 5. The maximum absolute atomic E-state index is 12.2. The first kappa shape index (κ1) is 17.9. The molecule has 0 radical (unpaired) electrons. The Kier molecular flexibility index (Phi) is 6.43. The summed E-state index contributed by atoms with van der Waals surface area (Å²) >= 11 is 3.17. The number of piperazine rings is 1. The third-order valence-electron chi connectivity index (χ3n) is 4.15. The molecule has 0 saturated carbocycles. The lowest BCUT2D eigenvalue weighted by molar-refractivity contribution is 0.0942. The number of rotatable bonds is 6. The van der Waals surface area contributed by atoms with Crippen LogP contribution in [-0.4, -0.2) is 61.0 Å². The topological polar surface area (TPSA) is 64.7 Å². The van der Waals surface area contributed by atoms with Gasteiger partial charge in [0.25, 0.3) is 5.91 Å². The summed E-state index contributed by atoms with van der Waals surface area (Å²) in [5.74, 6) is -0.0205. The molecule has 134 valence electrons.